The molecule has 0 atom stereocenters. The number of aryl methyl sites for hydroxylation is 1. The van der Waals surface area contributed by atoms with Crippen LogP contribution in [0.3, 0.4) is 0 Å². The molecule has 0 aliphatic carbocycles. The molecule has 0 saturated carbocycles. The summed E-state index contributed by atoms with van der Waals surface area (Å²) in [6, 6.07) is 12.7. The van der Waals surface area contributed by atoms with E-state index in [0.29, 0.717) is 0 Å². The van der Waals surface area contributed by atoms with Gasteiger partial charge >= 0.3 is 0 Å². The van der Waals surface area contributed by atoms with E-state index < -0.39 is 144 Å². The zero-order chi connectivity index (χ0) is 42.7. The third-order valence-corrected chi connectivity index (χ3v) is 8.84. The van der Waals surface area contributed by atoms with E-state index in [9.17, 15) is 52.7 Å². The van der Waals surface area contributed by atoms with Crippen molar-refractivity contribution in [1.29, 1.82) is 0 Å². The number of para-hydroxylation sites is 1. The lowest BCUT2D eigenvalue weighted by atomic mass is 9.12. The summed E-state index contributed by atoms with van der Waals surface area (Å²) in [6.07, 6.45) is -5.10. The summed E-state index contributed by atoms with van der Waals surface area (Å²) < 4.78 is 296. The highest BCUT2D eigenvalue weighted by molar-refractivity contribution is 7.20. The minimum atomic E-state index is -7.22. The maximum Gasteiger partial charge on any atom is 0.212 e. The Bertz CT molecular complexity index is 2240. The van der Waals surface area contributed by atoms with E-state index >= 15 is 35.1 Å². The fourth-order valence-corrected chi connectivity index (χ4v) is 6.37. The van der Waals surface area contributed by atoms with Crippen molar-refractivity contribution in [1.82, 2.24) is 0 Å². The van der Waals surface area contributed by atoms with Crippen LogP contribution in [0.1, 0.15) is 6.92 Å². The Balaban J connectivity index is 0.000000436. The number of pyridine rings is 1. The molecule has 1 nitrogen and oxygen atoms in total. The lowest BCUT2D eigenvalue weighted by Gasteiger charge is -2.44. The largest absolute Gasteiger partial charge is 0.212 e. The molecule has 0 aliphatic rings. The number of aromatic nitrogens is 1. The van der Waals surface area contributed by atoms with E-state index in [1.165, 1.54) is 10.9 Å². The van der Waals surface area contributed by atoms with Gasteiger partial charge in [-0.3, -0.25) is 0 Å². The molecule has 1 aromatic heterocycles. The average Bonchev–Trinajstić information content (AvgIpc) is 3.20. The van der Waals surface area contributed by atoms with Gasteiger partial charge in [-0.25, -0.2) is 87.8 Å². The molecule has 0 fully saturated rings. The molecule has 0 aliphatic heterocycles. The minimum absolute atomic E-state index is 1.03. The van der Waals surface area contributed by atoms with Crippen molar-refractivity contribution in [2.24, 2.45) is 0 Å². The number of fused-ring (bicyclic) bond motifs is 1. The van der Waals surface area contributed by atoms with E-state index in [1.807, 2.05) is 0 Å². The van der Waals surface area contributed by atoms with Crippen LogP contribution in [-0.2, 0) is 6.54 Å². The van der Waals surface area contributed by atoms with Crippen LogP contribution in [-0.4, -0.2) is 6.15 Å². The van der Waals surface area contributed by atoms with Crippen LogP contribution in [0.25, 0.3) is 10.9 Å². The summed E-state index contributed by atoms with van der Waals surface area (Å²) in [7, 11) is 0. The fraction of sp³-hybridized carbons (Fsp3) is 0.0571. The van der Waals surface area contributed by atoms with Crippen LogP contribution in [0.4, 0.5) is 87.8 Å². The fourth-order valence-electron chi connectivity index (χ4n) is 6.37. The zero-order valence-corrected chi connectivity index (χ0v) is 27.3. The van der Waals surface area contributed by atoms with E-state index in [4.69, 9.17) is 0 Å². The first-order chi connectivity index (χ1) is 26.6. The van der Waals surface area contributed by atoms with Crippen molar-refractivity contribution in [2.45, 2.75) is 13.5 Å². The van der Waals surface area contributed by atoms with Gasteiger partial charge in [-0.2, -0.15) is 4.57 Å². The second-order valence-electron chi connectivity index (χ2n) is 11.7. The molecule has 0 saturated heterocycles. The third kappa shape index (κ3) is 6.19. The Hall–Kier alpha value is -5.83. The van der Waals surface area contributed by atoms with Gasteiger partial charge in [0.1, 0.15) is 59.2 Å². The molecule has 57 heavy (non-hydrogen) atoms. The molecule has 0 bridgehead atoms. The average molecular weight is 837 g/mol. The molecule has 6 aromatic rings. The Labute approximate surface area is 303 Å². The van der Waals surface area contributed by atoms with Crippen LogP contribution in [0.15, 0.2) is 42.6 Å². The first-order valence-corrected chi connectivity index (χ1v) is 15.2. The van der Waals surface area contributed by atoms with Gasteiger partial charge in [-0.15, -0.1) is 21.9 Å². The smallest absolute Gasteiger partial charge is 0.207 e. The topological polar surface area (TPSA) is 3.88 Å². The van der Waals surface area contributed by atoms with Gasteiger partial charge in [-0.05, 0) is 19.1 Å². The molecule has 22 heteroatoms. The van der Waals surface area contributed by atoms with E-state index in [0.717, 1.165) is 6.54 Å². The molecule has 300 valence electrons. The summed E-state index contributed by atoms with van der Waals surface area (Å²) in [6.45, 7) is 3.19. The lowest BCUT2D eigenvalue weighted by molar-refractivity contribution is -0.667. The van der Waals surface area contributed by atoms with Gasteiger partial charge in [0.25, 0.3) is 0 Å². The third-order valence-electron chi connectivity index (χ3n) is 8.84. The normalized spacial score (nSPS) is 11.7. The highest BCUT2D eigenvalue weighted by Crippen LogP contribution is 2.30. The lowest BCUT2D eigenvalue weighted by Crippen LogP contribution is -2.81. The predicted molar refractivity (Wildman–Crippen MR) is 159 cm³/mol. The number of halogens is 20. The van der Waals surface area contributed by atoms with Crippen LogP contribution >= 0.6 is 0 Å². The van der Waals surface area contributed by atoms with Gasteiger partial charge in [0.2, 0.25) is 5.52 Å². The number of hydrogen-bond donors (Lipinski definition) is 0. The van der Waals surface area contributed by atoms with Gasteiger partial charge in [0, 0.05) is 17.5 Å². The summed E-state index contributed by atoms with van der Waals surface area (Å²) in [4.78, 5) is 0. The van der Waals surface area contributed by atoms with Crippen molar-refractivity contribution >= 4 is 38.9 Å². The number of rotatable bonds is 5. The van der Waals surface area contributed by atoms with Crippen molar-refractivity contribution in [3.63, 3.8) is 0 Å². The summed E-state index contributed by atoms with van der Waals surface area (Å²) in [5.41, 5.74) is -13.0. The highest BCUT2D eigenvalue weighted by Gasteiger charge is 2.52. The SMILES string of the molecule is CC[n+]1cccc2ccccc21.Fc1c(F)c(F)c([B-](c2c(F)c(F)c(F)c(F)c2F)(c2c(F)c(F)c(F)c(F)c2F)c2c(F)c(F)c(F)c(F)c2F)c(F)c1F. The summed E-state index contributed by atoms with van der Waals surface area (Å²) in [5.74, 6) is -71.4. The van der Waals surface area contributed by atoms with Gasteiger partial charge in [0.05, 0.1) is 0 Å². The second-order valence-corrected chi connectivity index (χ2v) is 11.7. The highest BCUT2D eigenvalue weighted by atomic mass is 19.2. The maximum absolute atomic E-state index is 15.4. The maximum atomic E-state index is 15.4. The molecule has 0 unspecified atom stereocenters. The van der Waals surface area contributed by atoms with Crippen LogP contribution < -0.4 is 26.4 Å². The number of hydrogen-bond acceptors (Lipinski definition) is 0. The Morgan fingerprint density at radius 3 is 0.825 bits per heavy atom. The van der Waals surface area contributed by atoms with Crippen LogP contribution in [0, 0.1) is 116 Å². The van der Waals surface area contributed by atoms with Crippen molar-refractivity contribution in [2.75, 3.05) is 0 Å². The molecule has 0 radical (unpaired) electrons. The molecule has 0 amide bonds. The Morgan fingerprint density at radius 2 is 0.561 bits per heavy atom. The molecule has 1 heterocycles. The predicted octanol–water partition coefficient (Wildman–Crippen LogP) is 7.99. The van der Waals surface area contributed by atoms with E-state index in [2.05, 4.69) is 54.1 Å². The Morgan fingerprint density at radius 1 is 0.333 bits per heavy atom. The van der Waals surface area contributed by atoms with Crippen molar-refractivity contribution in [3.8, 4) is 0 Å². The molecule has 0 spiro atoms. The standard InChI is InChI=1S/C24BF20.C11H12N/c26-5-1(6(27)14(35)21(42)13(5)34)25(2-7(28)15(36)22(43)16(37)8(2)29,3-9(30)17(38)23(44)18(39)10(3)31)4-11(32)19(40)24(45)20(41)12(4)33;1-2-12-9-5-7-10-6-3-4-8-11(10)12/h;3-9H,2H2,1H3/q-1;+1. The van der Waals surface area contributed by atoms with Crippen LogP contribution in [0.5, 0.6) is 0 Å². The van der Waals surface area contributed by atoms with E-state index in [1.54, 1.807) is 0 Å². The molecular formula is C35H12BF20N. The second kappa shape index (κ2) is 15.3. The summed E-state index contributed by atoms with van der Waals surface area (Å²) >= 11 is 0. The van der Waals surface area contributed by atoms with E-state index in [-0.39, 0.29) is 0 Å². The van der Waals surface area contributed by atoms with Crippen molar-refractivity contribution < 1.29 is 92.4 Å². The summed E-state index contributed by atoms with van der Waals surface area (Å²) in [5, 5.41) is 1.31. The molecule has 0 N–H and O–H groups in total. The van der Waals surface area contributed by atoms with Crippen molar-refractivity contribution in [3.05, 3.63) is 159 Å². The van der Waals surface area contributed by atoms with Gasteiger partial charge in [0.15, 0.2) is 76.0 Å². The van der Waals surface area contributed by atoms with Gasteiger partial charge in [-0.1, -0.05) is 12.1 Å². The quantitative estimate of drug-likeness (QED) is 0.0546. The molecule has 5 aromatic carbocycles. The monoisotopic (exact) mass is 837 g/mol. The van der Waals surface area contributed by atoms with Crippen LogP contribution in [0.2, 0.25) is 0 Å². The van der Waals surface area contributed by atoms with Gasteiger partial charge < -0.3 is 0 Å². The number of nitrogens with zero attached hydrogens (tertiary/aromatic N) is 1. The number of benzene rings is 5. The minimum Gasteiger partial charge on any atom is -0.207 e. The molecular weight excluding hydrogens is 825 g/mol. The Kier molecular flexibility index (Phi) is 11.3. The first kappa shape index (κ1) is 42.3. The molecule has 6 rings (SSSR count). The first-order valence-electron chi connectivity index (χ1n) is 15.2. The zero-order valence-electron chi connectivity index (χ0n) is 27.3.